The fourth-order valence-electron chi connectivity index (χ4n) is 1.28. The highest BCUT2D eigenvalue weighted by molar-refractivity contribution is 5.95. The summed E-state index contributed by atoms with van der Waals surface area (Å²) in [6.07, 6.45) is 0.139. The standard InChI is InChI=1S/C12H14FNO3/c1-8(15)9-3-4-10(13)11(7-9)14-6-5-12(16)17-2/h3-4,7,14H,5-6H2,1-2H3. The van der Waals surface area contributed by atoms with Crippen molar-refractivity contribution in [2.75, 3.05) is 19.0 Å². The normalized spacial score (nSPS) is 9.82. The van der Waals surface area contributed by atoms with E-state index < -0.39 is 5.82 Å². The van der Waals surface area contributed by atoms with E-state index in [2.05, 4.69) is 10.1 Å². The summed E-state index contributed by atoms with van der Waals surface area (Å²) >= 11 is 0. The summed E-state index contributed by atoms with van der Waals surface area (Å²) in [5.41, 5.74) is 0.633. The number of halogens is 1. The average molecular weight is 239 g/mol. The summed E-state index contributed by atoms with van der Waals surface area (Å²) < 4.78 is 17.8. The lowest BCUT2D eigenvalue weighted by molar-refractivity contribution is -0.140. The third kappa shape index (κ3) is 3.86. The Morgan fingerprint density at radius 1 is 1.41 bits per heavy atom. The van der Waals surface area contributed by atoms with Crippen molar-refractivity contribution in [3.63, 3.8) is 0 Å². The Morgan fingerprint density at radius 2 is 2.12 bits per heavy atom. The monoisotopic (exact) mass is 239 g/mol. The number of nitrogens with one attached hydrogen (secondary N) is 1. The van der Waals surface area contributed by atoms with Crippen LogP contribution in [0.5, 0.6) is 0 Å². The van der Waals surface area contributed by atoms with E-state index in [9.17, 15) is 14.0 Å². The van der Waals surface area contributed by atoms with Crippen LogP contribution in [0.15, 0.2) is 18.2 Å². The number of carbonyl (C=O) groups excluding carboxylic acids is 2. The number of anilines is 1. The van der Waals surface area contributed by atoms with E-state index in [0.717, 1.165) is 0 Å². The van der Waals surface area contributed by atoms with Crippen LogP contribution in [0.2, 0.25) is 0 Å². The van der Waals surface area contributed by atoms with Crippen LogP contribution in [0.3, 0.4) is 0 Å². The summed E-state index contributed by atoms with van der Waals surface area (Å²) in [7, 11) is 1.29. The van der Waals surface area contributed by atoms with Gasteiger partial charge >= 0.3 is 5.97 Å². The van der Waals surface area contributed by atoms with Gasteiger partial charge in [-0.05, 0) is 25.1 Å². The van der Waals surface area contributed by atoms with Crippen LogP contribution in [0.25, 0.3) is 0 Å². The zero-order valence-corrected chi connectivity index (χ0v) is 9.75. The molecule has 0 spiro atoms. The molecule has 0 fully saturated rings. The van der Waals surface area contributed by atoms with E-state index in [1.165, 1.54) is 32.2 Å². The predicted molar refractivity (Wildman–Crippen MR) is 61.5 cm³/mol. The maximum Gasteiger partial charge on any atom is 0.307 e. The highest BCUT2D eigenvalue weighted by Gasteiger charge is 2.07. The van der Waals surface area contributed by atoms with E-state index in [-0.39, 0.29) is 30.4 Å². The maximum absolute atomic E-state index is 13.3. The van der Waals surface area contributed by atoms with Gasteiger partial charge in [-0.3, -0.25) is 9.59 Å². The molecule has 5 heteroatoms. The van der Waals surface area contributed by atoms with Crippen molar-refractivity contribution in [2.45, 2.75) is 13.3 Å². The number of hydrogen-bond donors (Lipinski definition) is 1. The molecule has 0 aliphatic heterocycles. The molecule has 0 aliphatic carbocycles. The van der Waals surface area contributed by atoms with Gasteiger partial charge in [0.05, 0.1) is 19.2 Å². The summed E-state index contributed by atoms with van der Waals surface area (Å²) in [6.45, 7) is 1.66. The first-order valence-electron chi connectivity index (χ1n) is 5.15. The molecule has 0 radical (unpaired) electrons. The molecule has 0 unspecified atom stereocenters. The van der Waals surface area contributed by atoms with Gasteiger partial charge in [0.1, 0.15) is 5.82 Å². The van der Waals surface area contributed by atoms with Crippen molar-refractivity contribution in [2.24, 2.45) is 0 Å². The number of Topliss-reactive ketones (excluding diaryl/α,β-unsaturated/α-hetero) is 1. The smallest absolute Gasteiger partial charge is 0.307 e. The van der Waals surface area contributed by atoms with Gasteiger partial charge in [0.25, 0.3) is 0 Å². The van der Waals surface area contributed by atoms with Crippen LogP contribution in [0, 0.1) is 5.82 Å². The molecule has 0 aromatic heterocycles. The number of hydrogen-bond acceptors (Lipinski definition) is 4. The third-order valence-corrected chi connectivity index (χ3v) is 2.25. The Labute approximate surface area is 98.8 Å². The van der Waals surface area contributed by atoms with E-state index in [0.29, 0.717) is 5.56 Å². The highest BCUT2D eigenvalue weighted by atomic mass is 19.1. The Morgan fingerprint density at radius 3 is 2.71 bits per heavy atom. The number of ether oxygens (including phenoxy) is 1. The second-order valence-electron chi connectivity index (χ2n) is 3.50. The van der Waals surface area contributed by atoms with Gasteiger partial charge in [-0.1, -0.05) is 0 Å². The minimum Gasteiger partial charge on any atom is -0.469 e. The van der Waals surface area contributed by atoms with E-state index in [1.54, 1.807) is 0 Å². The quantitative estimate of drug-likeness (QED) is 0.630. The third-order valence-electron chi connectivity index (χ3n) is 2.25. The predicted octanol–water partition coefficient (Wildman–Crippen LogP) is 2.00. The lowest BCUT2D eigenvalue weighted by Gasteiger charge is -2.08. The second kappa shape index (κ2) is 5.98. The highest BCUT2D eigenvalue weighted by Crippen LogP contribution is 2.16. The molecule has 1 aromatic rings. The van der Waals surface area contributed by atoms with Gasteiger partial charge in [-0.15, -0.1) is 0 Å². The number of benzene rings is 1. The zero-order valence-electron chi connectivity index (χ0n) is 9.75. The number of carbonyl (C=O) groups is 2. The van der Waals surface area contributed by atoms with Crippen molar-refractivity contribution in [3.05, 3.63) is 29.6 Å². The molecule has 4 nitrogen and oxygen atoms in total. The van der Waals surface area contributed by atoms with E-state index >= 15 is 0 Å². The van der Waals surface area contributed by atoms with Crippen molar-refractivity contribution in [1.82, 2.24) is 0 Å². The number of ketones is 1. The van der Waals surface area contributed by atoms with Gasteiger partial charge in [-0.25, -0.2) is 4.39 Å². The fraction of sp³-hybridized carbons (Fsp3) is 0.333. The number of methoxy groups -OCH3 is 1. The molecule has 17 heavy (non-hydrogen) atoms. The molecule has 0 amide bonds. The van der Waals surface area contributed by atoms with Crippen LogP contribution < -0.4 is 5.32 Å². The lowest BCUT2D eigenvalue weighted by Crippen LogP contribution is -2.11. The molecule has 0 saturated carbocycles. The molecule has 1 rings (SSSR count). The molecule has 0 bridgehead atoms. The topological polar surface area (TPSA) is 55.4 Å². The Balaban J connectivity index is 2.66. The lowest BCUT2D eigenvalue weighted by atomic mass is 10.1. The molecule has 0 aliphatic rings. The van der Waals surface area contributed by atoms with Gasteiger partial charge in [0.2, 0.25) is 0 Å². The molecule has 0 atom stereocenters. The molecule has 0 saturated heterocycles. The van der Waals surface area contributed by atoms with Crippen LogP contribution in [0.4, 0.5) is 10.1 Å². The van der Waals surface area contributed by atoms with E-state index in [4.69, 9.17) is 0 Å². The first-order chi connectivity index (χ1) is 8.04. The minimum atomic E-state index is -0.458. The van der Waals surface area contributed by atoms with Crippen LogP contribution >= 0.6 is 0 Å². The van der Waals surface area contributed by atoms with Crippen LogP contribution in [0.1, 0.15) is 23.7 Å². The minimum absolute atomic E-state index is 0.138. The maximum atomic E-state index is 13.3. The largest absolute Gasteiger partial charge is 0.469 e. The SMILES string of the molecule is COC(=O)CCNc1cc(C(C)=O)ccc1F. The zero-order chi connectivity index (χ0) is 12.8. The number of esters is 1. The number of rotatable bonds is 5. The van der Waals surface area contributed by atoms with Gasteiger partial charge in [-0.2, -0.15) is 0 Å². The van der Waals surface area contributed by atoms with Crippen LogP contribution in [-0.2, 0) is 9.53 Å². The first kappa shape index (κ1) is 13.2. The Hall–Kier alpha value is -1.91. The van der Waals surface area contributed by atoms with Crippen LogP contribution in [-0.4, -0.2) is 25.4 Å². The second-order valence-corrected chi connectivity index (χ2v) is 3.50. The Bertz CT molecular complexity index is 432. The first-order valence-corrected chi connectivity index (χ1v) is 5.15. The molecule has 0 heterocycles. The van der Waals surface area contributed by atoms with Gasteiger partial charge in [0.15, 0.2) is 5.78 Å². The average Bonchev–Trinajstić information content (AvgIpc) is 2.30. The molecule has 1 aromatic carbocycles. The summed E-state index contributed by atoms with van der Waals surface area (Å²) in [6, 6.07) is 4.06. The summed E-state index contributed by atoms with van der Waals surface area (Å²) in [5, 5.41) is 2.75. The van der Waals surface area contributed by atoms with Gasteiger partial charge in [0, 0.05) is 12.1 Å². The summed E-state index contributed by atoms with van der Waals surface area (Å²) in [5.74, 6) is -0.971. The van der Waals surface area contributed by atoms with Crippen molar-refractivity contribution in [1.29, 1.82) is 0 Å². The molecule has 92 valence electrons. The fourth-order valence-corrected chi connectivity index (χ4v) is 1.28. The van der Waals surface area contributed by atoms with Crippen molar-refractivity contribution < 1.29 is 18.7 Å². The molecular weight excluding hydrogens is 225 g/mol. The van der Waals surface area contributed by atoms with Crippen molar-refractivity contribution in [3.8, 4) is 0 Å². The van der Waals surface area contributed by atoms with Crippen molar-refractivity contribution >= 4 is 17.4 Å². The molecular formula is C12H14FNO3. The molecule has 1 N–H and O–H groups in total. The Kier molecular flexibility index (Phi) is 4.63. The summed E-state index contributed by atoms with van der Waals surface area (Å²) in [4.78, 5) is 22.0. The van der Waals surface area contributed by atoms with Gasteiger partial charge < -0.3 is 10.1 Å². The van der Waals surface area contributed by atoms with E-state index in [1.807, 2.05) is 0 Å².